The number of aromatic carboxylic acids is 1. The van der Waals surface area contributed by atoms with Gasteiger partial charge < -0.3 is 14.6 Å². The van der Waals surface area contributed by atoms with Crippen LogP contribution < -0.4 is 4.74 Å². The van der Waals surface area contributed by atoms with Crippen molar-refractivity contribution in [2.45, 2.75) is 66.2 Å². The van der Waals surface area contributed by atoms with Crippen LogP contribution in [0.25, 0.3) is 11.3 Å². The lowest BCUT2D eigenvalue weighted by molar-refractivity contribution is -0.120. The first-order chi connectivity index (χ1) is 18.2. The molecule has 2 aliphatic carbocycles. The quantitative estimate of drug-likeness (QED) is 0.492. The number of carboxylic acids is 1. The first kappa shape index (κ1) is 26.8. The first-order valence-electron chi connectivity index (χ1n) is 13.0. The molecule has 1 aromatic carbocycles. The number of hydrogen-bond donors (Lipinski definition) is 1. The van der Waals surface area contributed by atoms with Gasteiger partial charge in [0.05, 0.1) is 18.7 Å². The van der Waals surface area contributed by atoms with Crippen LogP contribution in [0.5, 0.6) is 5.75 Å². The average Bonchev–Trinajstić information content (AvgIpc) is 2.81. The van der Waals surface area contributed by atoms with E-state index in [1.54, 1.807) is 12.1 Å². The molecule has 0 saturated carbocycles. The van der Waals surface area contributed by atoms with E-state index in [1.807, 2.05) is 34.6 Å². The Morgan fingerprint density at radius 3 is 2.05 bits per heavy atom. The van der Waals surface area contributed by atoms with E-state index in [0.717, 1.165) is 6.07 Å². The van der Waals surface area contributed by atoms with E-state index in [2.05, 4.69) is 4.98 Å². The fraction of sp³-hybridized carbons (Fsp3) is 0.419. The minimum Gasteiger partial charge on any atom is -0.496 e. The van der Waals surface area contributed by atoms with Gasteiger partial charge in [-0.05, 0) is 47.6 Å². The van der Waals surface area contributed by atoms with Crippen LogP contribution in [0.1, 0.15) is 80.9 Å². The van der Waals surface area contributed by atoms with Crippen LogP contribution in [0.4, 0.5) is 4.39 Å². The van der Waals surface area contributed by atoms with Crippen LogP contribution in [0.2, 0.25) is 0 Å². The largest absolute Gasteiger partial charge is 0.496 e. The molecule has 0 bridgehead atoms. The van der Waals surface area contributed by atoms with Crippen molar-refractivity contribution in [3.63, 3.8) is 0 Å². The molecule has 204 valence electrons. The number of allylic oxidation sites excluding steroid dienone is 4. The Morgan fingerprint density at radius 2 is 1.54 bits per heavy atom. The molecule has 0 radical (unpaired) electrons. The number of carbonyl (C=O) groups excluding carboxylic acids is 2. The predicted molar refractivity (Wildman–Crippen MR) is 142 cm³/mol. The summed E-state index contributed by atoms with van der Waals surface area (Å²) in [4.78, 5) is 43.1. The number of rotatable bonds is 4. The highest BCUT2D eigenvalue weighted by molar-refractivity contribution is 6.06. The average molecular weight is 534 g/mol. The van der Waals surface area contributed by atoms with Gasteiger partial charge in [0, 0.05) is 48.0 Å². The number of carbonyl (C=O) groups is 3. The SMILES string of the molecule is COc1ccc(-c2ccc(F)c(C(=O)O)n2)c(C)c1C1C2=C(CC(C)(C)CC2=O)OC2=C1C(=O)CC(C)(C)C2. The second kappa shape index (κ2) is 9.14. The summed E-state index contributed by atoms with van der Waals surface area (Å²) in [6.07, 6.45) is 1.74. The highest BCUT2D eigenvalue weighted by atomic mass is 19.1. The summed E-state index contributed by atoms with van der Waals surface area (Å²) >= 11 is 0. The summed E-state index contributed by atoms with van der Waals surface area (Å²) in [5, 5.41) is 9.43. The van der Waals surface area contributed by atoms with E-state index in [1.165, 1.54) is 13.2 Å². The summed E-state index contributed by atoms with van der Waals surface area (Å²) in [6.45, 7) is 9.93. The number of methoxy groups -OCH3 is 1. The zero-order valence-electron chi connectivity index (χ0n) is 23.0. The molecular formula is C31H32FNO6. The van der Waals surface area contributed by atoms with Crippen molar-refractivity contribution >= 4 is 17.5 Å². The molecule has 1 N–H and O–H groups in total. The summed E-state index contributed by atoms with van der Waals surface area (Å²) in [5.74, 6) is -1.59. The monoisotopic (exact) mass is 533 g/mol. The zero-order valence-corrected chi connectivity index (χ0v) is 23.0. The van der Waals surface area contributed by atoms with Crippen LogP contribution in [0.15, 0.2) is 46.9 Å². The second-order valence-corrected chi connectivity index (χ2v) is 12.3. The van der Waals surface area contributed by atoms with Gasteiger partial charge in [-0.2, -0.15) is 0 Å². The van der Waals surface area contributed by atoms with Gasteiger partial charge in [0.1, 0.15) is 17.3 Å². The maximum Gasteiger partial charge on any atom is 0.357 e. The van der Waals surface area contributed by atoms with E-state index in [-0.39, 0.29) is 28.1 Å². The van der Waals surface area contributed by atoms with Crippen LogP contribution in [0, 0.1) is 23.6 Å². The van der Waals surface area contributed by atoms with Gasteiger partial charge in [0.25, 0.3) is 0 Å². The number of Topliss-reactive ketones (excluding diaryl/α,β-unsaturated/α-hetero) is 2. The fourth-order valence-electron chi connectivity index (χ4n) is 6.22. The van der Waals surface area contributed by atoms with Crippen molar-refractivity contribution in [3.8, 4) is 17.0 Å². The topological polar surface area (TPSA) is 103 Å². The van der Waals surface area contributed by atoms with E-state index in [9.17, 15) is 23.9 Å². The number of hydrogen-bond acceptors (Lipinski definition) is 6. The molecule has 3 aliphatic rings. The molecule has 0 saturated heterocycles. The number of aromatic nitrogens is 1. The lowest BCUT2D eigenvalue weighted by atomic mass is 9.65. The van der Waals surface area contributed by atoms with Gasteiger partial charge in [0.15, 0.2) is 23.1 Å². The maximum atomic E-state index is 14.1. The predicted octanol–water partition coefficient (Wildman–Crippen LogP) is 6.30. The van der Waals surface area contributed by atoms with E-state index >= 15 is 0 Å². The minimum absolute atomic E-state index is 0.0737. The van der Waals surface area contributed by atoms with Crippen molar-refractivity contribution in [3.05, 3.63) is 69.6 Å². The molecular weight excluding hydrogens is 501 g/mol. The van der Waals surface area contributed by atoms with Gasteiger partial charge >= 0.3 is 5.97 Å². The second-order valence-electron chi connectivity index (χ2n) is 12.3. The molecule has 0 amide bonds. The fourth-order valence-corrected chi connectivity index (χ4v) is 6.22. The Morgan fingerprint density at radius 1 is 0.974 bits per heavy atom. The van der Waals surface area contributed by atoms with Crippen LogP contribution in [-0.4, -0.2) is 34.7 Å². The van der Waals surface area contributed by atoms with Gasteiger partial charge in [-0.25, -0.2) is 14.2 Å². The van der Waals surface area contributed by atoms with Crippen molar-refractivity contribution in [2.24, 2.45) is 10.8 Å². The Hall–Kier alpha value is -3.81. The highest BCUT2D eigenvalue weighted by Crippen LogP contribution is 2.55. The number of pyridine rings is 1. The molecule has 0 spiro atoms. The molecule has 0 fully saturated rings. The van der Waals surface area contributed by atoms with Gasteiger partial charge in [-0.3, -0.25) is 9.59 Å². The van der Waals surface area contributed by atoms with Crippen molar-refractivity contribution in [1.82, 2.24) is 4.98 Å². The van der Waals surface area contributed by atoms with E-state index in [0.29, 0.717) is 70.8 Å². The lowest BCUT2D eigenvalue weighted by Gasteiger charge is -2.43. The molecule has 2 aromatic rings. The van der Waals surface area contributed by atoms with Gasteiger partial charge in [-0.1, -0.05) is 27.7 Å². The molecule has 1 aliphatic heterocycles. The molecule has 39 heavy (non-hydrogen) atoms. The molecule has 1 aromatic heterocycles. The summed E-state index contributed by atoms with van der Waals surface area (Å²) in [5.41, 5.74) is 1.77. The molecule has 5 rings (SSSR count). The number of ketones is 2. The Kier molecular flexibility index (Phi) is 6.28. The third kappa shape index (κ3) is 4.56. The van der Waals surface area contributed by atoms with Gasteiger partial charge in [-0.15, -0.1) is 0 Å². The summed E-state index contributed by atoms with van der Waals surface area (Å²) in [6, 6.07) is 5.94. The van der Waals surface area contributed by atoms with Crippen LogP contribution >= 0.6 is 0 Å². The standard InChI is InChI=1S/C31H32FNO6/c1-15-16(18-9-8-17(32)28(33-18)29(36)37)7-10-21(38-6)24(15)27-25-19(34)11-30(2,3)13-22(25)39-23-14-31(4,5)12-20(35)26(23)27/h7-10,27H,11-14H2,1-6H3,(H,36,37). The lowest BCUT2D eigenvalue weighted by Crippen LogP contribution is -2.38. The smallest absolute Gasteiger partial charge is 0.357 e. The van der Waals surface area contributed by atoms with Crippen molar-refractivity contribution in [2.75, 3.05) is 7.11 Å². The third-order valence-electron chi connectivity index (χ3n) is 7.89. The molecule has 8 heteroatoms. The summed E-state index contributed by atoms with van der Waals surface area (Å²) in [7, 11) is 1.53. The maximum absolute atomic E-state index is 14.1. The van der Waals surface area contributed by atoms with Crippen LogP contribution in [0.3, 0.4) is 0 Å². The first-order valence-corrected chi connectivity index (χ1v) is 13.0. The minimum atomic E-state index is -1.47. The van der Waals surface area contributed by atoms with Crippen LogP contribution in [-0.2, 0) is 14.3 Å². The molecule has 0 unspecified atom stereocenters. The molecule has 0 atom stereocenters. The van der Waals surface area contributed by atoms with Crippen molar-refractivity contribution < 1.29 is 33.4 Å². The van der Waals surface area contributed by atoms with Crippen molar-refractivity contribution in [1.29, 1.82) is 0 Å². The molecule has 7 nitrogen and oxygen atoms in total. The van der Waals surface area contributed by atoms with Gasteiger partial charge in [0.2, 0.25) is 0 Å². The third-order valence-corrected chi connectivity index (χ3v) is 7.89. The highest BCUT2D eigenvalue weighted by Gasteiger charge is 2.49. The van der Waals surface area contributed by atoms with E-state index in [4.69, 9.17) is 9.47 Å². The number of ether oxygens (including phenoxy) is 2. The Bertz CT molecular complexity index is 1460. The Labute approximate surface area is 226 Å². The Balaban J connectivity index is 1.79. The number of benzene rings is 1. The number of carboxylic acid groups (broad SMARTS) is 1. The number of halogens is 1. The zero-order chi connectivity index (χ0) is 28.4. The van der Waals surface area contributed by atoms with E-state index < -0.39 is 23.4 Å². The normalized spacial score (nSPS) is 20.4. The summed E-state index contributed by atoms with van der Waals surface area (Å²) < 4.78 is 26.3. The molecule has 2 heterocycles. The number of nitrogens with zero attached hydrogens (tertiary/aromatic N) is 1.